The Morgan fingerprint density at radius 3 is 2.23 bits per heavy atom. The Morgan fingerprint density at radius 1 is 1.23 bits per heavy atom. The van der Waals surface area contributed by atoms with Crippen LogP contribution < -0.4 is 0 Å². The monoisotopic (exact) mass is 181 g/mol. The van der Waals surface area contributed by atoms with Crippen molar-refractivity contribution < 1.29 is 0 Å². The van der Waals surface area contributed by atoms with Gasteiger partial charge in [-0.15, -0.1) is 0 Å². The molecule has 0 unspecified atom stereocenters. The van der Waals surface area contributed by atoms with E-state index in [1.165, 1.54) is 45.4 Å². The topological polar surface area (TPSA) is 6.48 Å². The molecule has 3 saturated heterocycles. The highest BCUT2D eigenvalue weighted by Crippen LogP contribution is 2.37. The molecule has 2 heteroatoms. The van der Waals surface area contributed by atoms with Crippen LogP contribution in [0.2, 0.25) is 0 Å². The Morgan fingerprint density at radius 2 is 1.85 bits per heavy atom. The van der Waals surface area contributed by atoms with Gasteiger partial charge in [-0.05, 0) is 38.3 Å². The summed E-state index contributed by atoms with van der Waals surface area (Å²) in [5, 5.41) is 0. The lowest BCUT2D eigenvalue weighted by atomic mass is 9.86. The molecule has 3 fully saturated rings. The van der Waals surface area contributed by atoms with E-state index in [1.807, 2.05) is 0 Å². The third-order valence-corrected chi connectivity index (χ3v) is 3.58. The standard InChI is InChI=1S/C11H21N2/c1-3-12(4-2)11-9-10-5-7-13(11)8-6-10/h10H,3-9H2,1-2H3. The summed E-state index contributed by atoms with van der Waals surface area (Å²) in [6.07, 6.45) is 5.85. The summed E-state index contributed by atoms with van der Waals surface area (Å²) in [4.78, 5) is 5.14. The second-order valence-corrected chi connectivity index (χ2v) is 4.22. The van der Waals surface area contributed by atoms with Crippen molar-refractivity contribution in [3.63, 3.8) is 0 Å². The van der Waals surface area contributed by atoms with Crippen molar-refractivity contribution in [3.8, 4) is 0 Å². The fraction of sp³-hybridized carbons (Fsp3) is 0.909. The zero-order valence-electron chi connectivity index (χ0n) is 8.92. The Bertz CT molecular complexity index is 155. The van der Waals surface area contributed by atoms with Crippen molar-refractivity contribution in [2.24, 2.45) is 5.92 Å². The summed E-state index contributed by atoms with van der Waals surface area (Å²) in [5.74, 6) is 1.00. The van der Waals surface area contributed by atoms with E-state index in [0.29, 0.717) is 0 Å². The maximum Gasteiger partial charge on any atom is 0.107 e. The molecular weight excluding hydrogens is 160 g/mol. The molecule has 75 valence electrons. The van der Waals surface area contributed by atoms with E-state index >= 15 is 0 Å². The maximum absolute atomic E-state index is 2.60. The molecule has 0 aromatic heterocycles. The fourth-order valence-electron chi connectivity index (χ4n) is 2.70. The first-order valence-electron chi connectivity index (χ1n) is 5.70. The average molecular weight is 181 g/mol. The van der Waals surface area contributed by atoms with Crippen LogP contribution in [-0.2, 0) is 0 Å². The molecule has 3 rings (SSSR count). The molecule has 3 heterocycles. The molecule has 0 aromatic rings. The molecule has 0 aromatic carbocycles. The normalized spacial score (nSPS) is 34.4. The minimum atomic E-state index is 1.00. The van der Waals surface area contributed by atoms with Crippen LogP contribution >= 0.6 is 0 Å². The van der Waals surface area contributed by atoms with Crippen molar-refractivity contribution >= 4 is 0 Å². The van der Waals surface area contributed by atoms with E-state index in [2.05, 4.69) is 23.6 Å². The molecule has 1 radical (unpaired) electrons. The van der Waals surface area contributed by atoms with Crippen LogP contribution in [0.3, 0.4) is 0 Å². The second kappa shape index (κ2) is 3.97. The van der Waals surface area contributed by atoms with Gasteiger partial charge in [0.15, 0.2) is 0 Å². The van der Waals surface area contributed by atoms with Crippen LogP contribution in [0.15, 0.2) is 0 Å². The van der Waals surface area contributed by atoms with Crippen LogP contribution in [0.1, 0.15) is 33.1 Å². The van der Waals surface area contributed by atoms with Crippen molar-refractivity contribution in [2.45, 2.75) is 33.1 Å². The van der Waals surface area contributed by atoms with Gasteiger partial charge < -0.3 is 0 Å². The third kappa shape index (κ3) is 1.75. The van der Waals surface area contributed by atoms with E-state index in [9.17, 15) is 0 Å². The number of piperidine rings is 3. The van der Waals surface area contributed by atoms with Crippen molar-refractivity contribution in [1.82, 2.24) is 9.80 Å². The van der Waals surface area contributed by atoms with E-state index in [-0.39, 0.29) is 0 Å². The SMILES string of the molecule is CCN(CC)[C]1CC2CCN1CC2. The van der Waals surface area contributed by atoms with Crippen LogP contribution in [0.25, 0.3) is 0 Å². The summed E-state index contributed by atoms with van der Waals surface area (Å²) in [6, 6.07) is 0. The number of hydrogen-bond donors (Lipinski definition) is 0. The summed E-state index contributed by atoms with van der Waals surface area (Å²) in [6.45, 7) is 9.51. The lowest BCUT2D eigenvalue weighted by Gasteiger charge is -2.48. The Hall–Kier alpha value is -0.0800. The molecule has 0 saturated carbocycles. The fourth-order valence-corrected chi connectivity index (χ4v) is 2.70. The minimum Gasteiger partial charge on any atom is -0.283 e. The zero-order chi connectivity index (χ0) is 9.26. The van der Waals surface area contributed by atoms with Gasteiger partial charge in [0.25, 0.3) is 0 Å². The Balaban J connectivity index is 1.99. The summed E-state index contributed by atoms with van der Waals surface area (Å²) in [7, 11) is 0. The molecule has 2 nitrogen and oxygen atoms in total. The Labute approximate surface area is 81.9 Å². The number of hydrogen-bond acceptors (Lipinski definition) is 2. The van der Waals surface area contributed by atoms with Crippen LogP contribution in [0.4, 0.5) is 0 Å². The van der Waals surface area contributed by atoms with Gasteiger partial charge >= 0.3 is 0 Å². The van der Waals surface area contributed by atoms with Crippen LogP contribution in [-0.4, -0.2) is 36.0 Å². The van der Waals surface area contributed by atoms with E-state index in [0.717, 1.165) is 5.92 Å². The molecule has 0 spiro atoms. The molecule has 0 N–H and O–H groups in total. The van der Waals surface area contributed by atoms with E-state index in [4.69, 9.17) is 0 Å². The predicted octanol–water partition coefficient (Wildman–Crippen LogP) is 1.93. The number of rotatable bonds is 3. The van der Waals surface area contributed by atoms with Gasteiger partial charge in [0.2, 0.25) is 0 Å². The zero-order valence-corrected chi connectivity index (χ0v) is 8.92. The van der Waals surface area contributed by atoms with Gasteiger partial charge in [0.1, 0.15) is 6.17 Å². The van der Waals surface area contributed by atoms with Crippen molar-refractivity contribution in [2.75, 3.05) is 26.2 Å². The highest BCUT2D eigenvalue weighted by Gasteiger charge is 2.36. The highest BCUT2D eigenvalue weighted by atomic mass is 15.4. The largest absolute Gasteiger partial charge is 0.283 e. The van der Waals surface area contributed by atoms with Gasteiger partial charge in [-0.25, -0.2) is 0 Å². The lowest BCUT2D eigenvalue weighted by molar-refractivity contribution is 0.0374. The van der Waals surface area contributed by atoms with Crippen molar-refractivity contribution in [3.05, 3.63) is 6.17 Å². The molecule has 13 heavy (non-hydrogen) atoms. The van der Waals surface area contributed by atoms with Gasteiger partial charge in [-0.3, -0.25) is 9.80 Å². The van der Waals surface area contributed by atoms with Gasteiger partial charge in [0, 0.05) is 13.1 Å². The molecule has 2 bridgehead atoms. The van der Waals surface area contributed by atoms with Crippen LogP contribution in [0.5, 0.6) is 0 Å². The maximum atomic E-state index is 2.60. The lowest BCUT2D eigenvalue weighted by Crippen LogP contribution is -2.51. The quantitative estimate of drug-likeness (QED) is 0.656. The van der Waals surface area contributed by atoms with Crippen LogP contribution in [0, 0.1) is 12.1 Å². The summed E-state index contributed by atoms with van der Waals surface area (Å²) in [5.41, 5.74) is 0. The molecule has 3 aliphatic rings. The molecule has 3 aliphatic heterocycles. The first kappa shape index (κ1) is 9.47. The first-order chi connectivity index (χ1) is 6.35. The number of nitrogens with zero attached hydrogens (tertiary/aromatic N) is 2. The van der Waals surface area contributed by atoms with Gasteiger partial charge in [-0.2, -0.15) is 0 Å². The molecule has 0 aliphatic carbocycles. The van der Waals surface area contributed by atoms with Crippen molar-refractivity contribution in [1.29, 1.82) is 0 Å². The average Bonchev–Trinajstić information content (AvgIpc) is 2.22. The highest BCUT2D eigenvalue weighted by molar-refractivity contribution is 4.99. The smallest absolute Gasteiger partial charge is 0.107 e. The minimum absolute atomic E-state index is 1.00. The second-order valence-electron chi connectivity index (χ2n) is 4.22. The summed E-state index contributed by atoms with van der Waals surface area (Å²) >= 11 is 0. The first-order valence-corrected chi connectivity index (χ1v) is 5.70. The molecule has 0 atom stereocenters. The van der Waals surface area contributed by atoms with E-state index < -0.39 is 0 Å². The summed E-state index contributed by atoms with van der Waals surface area (Å²) < 4.78 is 0. The molecular formula is C11H21N2. The number of fused-ring (bicyclic) bond motifs is 3. The Kier molecular flexibility index (Phi) is 2.89. The van der Waals surface area contributed by atoms with Gasteiger partial charge in [-0.1, -0.05) is 13.8 Å². The molecule has 0 amide bonds. The van der Waals surface area contributed by atoms with E-state index in [1.54, 1.807) is 6.17 Å². The van der Waals surface area contributed by atoms with Gasteiger partial charge in [0.05, 0.1) is 0 Å². The third-order valence-electron chi connectivity index (χ3n) is 3.58. The predicted molar refractivity (Wildman–Crippen MR) is 55.1 cm³/mol.